The highest BCUT2D eigenvalue weighted by Crippen LogP contribution is 2.34. The van der Waals surface area contributed by atoms with Gasteiger partial charge in [0.2, 0.25) is 0 Å². The van der Waals surface area contributed by atoms with Gasteiger partial charge in [-0.2, -0.15) is 0 Å². The van der Waals surface area contributed by atoms with Crippen molar-refractivity contribution >= 4 is 50.6 Å². The lowest BCUT2D eigenvalue weighted by Gasteiger charge is -2.15. The maximum Gasteiger partial charge on any atom is 0.293 e. The van der Waals surface area contributed by atoms with Crippen LogP contribution in [0.3, 0.4) is 0 Å². The predicted octanol–water partition coefficient (Wildman–Crippen LogP) is 5.06. The van der Waals surface area contributed by atoms with E-state index in [1.165, 1.54) is 4.90 Å². The first-order valence-electron chi connectivity index (χ1n) is 8.13. The third-order valence-electron chi connectivity index (χ3n) is 4.21. The van der Waals surface area contributed by atoms with Crippen molar-refractivity contribution in [1.29, 1.82) is 0 Å². The molecule has 1 aliphatic rings. The third kappa shape index (κ3) is 3.86. The summed E-state index contributed by atoms with van der Waals surface area (Å²) in [6, 6.07) is 13.7. The number of rotatable bonds is 4. The molecule has 0 aromatic heterocycles. The SMILES string of the molecule is Cc1ccccc1CN1C(=O)S/C(=C\c2ccc(N(C)C)c(Br)c2)C1=O. The molecule has 0 bridgehead atoms. The Morgan fingerprint density at radius 2 is 1.88 bits per heavy atom. The molecule has 2 aromatic rings. The van der Waals surface area contributed by atoms with Crippen LogP contribution in [0.15, 0.2) is 51.8 Å². The summed E-state index contributed by atoms with van der Waals surface area (Å²) in [5.74, 6) is -0.240. The maximum absolute atomic E-state index is 12.7. The molecule has 2 amide bonds. The van der Waals surface area contributed by atoms with Crippen molar-refractivity contribution < 1.29 is 9.59 Å². The largest absolute Gasteiger partial charge is 0.377 e. The molecule has 0 unspecified atom stereocenters. The zero-order valence-electron chi connectivity index (χ0n) is 14.8. The van der Waals surface area contributed by atoms with Crippen LogP contribution in [0.5, 0.6) is 0 Å². The Bertz CT molecular complexity index is 908. The lowest BCUT2D eigenvalue weighted by Crippen LogP contribution is -2.27. The van der Waals surface area contributed by atoms with Gasteiger partial charge < -0.3 is 4.90 Å². The lowest BCUT2D eigenvalue weighted by molar-refractivity contribution is -0.123. The number of hydrogen-bond donors (Lipinski definition) is 0. The number of aryl methyl sites for hydroxylation is 1. The molecule has 0 aliphatic carbocycles. The van der Waals surface area contributed by atoms with Crippen LogP contribution in [0.1, 0.15) is 16.7 Å². The van der Waals surface area contributed by atoms with Crippen molar-refractivity contribution in [3.8, 4) is 0 Å². The van der Waals surface area contributed by atoms with Crippen LogP contribution in [0, 0.1) is 6.92 Å². The molecule has 0 atom stereocenters. The van der Waals surface area contributed by atoms with Crippen molar-refractivity contribution in [1.82, 2.24) is 4.90 Å². The first kappa shape index (κ1) is 18.7. The minimum atomic E-state index is -0.240. The number of amides is 2. The topological polar surface area (TPSA) is 40.6 Å². The van der Waals surface area contributed by atoms with E-state index in [-0.39, 0.29) is 11.1 Å². The Morgan fingerprint density at radius 3 is 2.54 bits per heavy atom. The number of carbonyl (C=O) groups is 2. The Labute approximate surface area is 166 Å². The molecule has 6 heteroatoms. The first-order chi connectivity index (χ1) is 12.4. The van der Waals surface area contributed by atoms with E-state index in [4.69, 9.17) is 0 Å². The van der Waals surface area contributed by atoms with E-state index in [0.717, 1.165) is 38.6 Å². The average Bonchev–Trinajstić information content (AvgIpc) is 2.84. The summed E-state index contributed by atoms with van der Waals surface area (Å²) in [5.41, 5.74) is 3.98. The van der Waals surface area contributed by atoms with E-state index >= 15 is 0 Å². The Morgan fingerprint density at radius 1 is 1.15 bits per heavy atom. The number of halogens is 1. The molecule has 1 aliphatic heterocycles. The molecule has 0 saturated carbocycles. The highest BCUT2D eigenvalue weighted by Gasteiger charge is 2.35. The van der Waals surface area contributed by atoms with Crippen molar-refractivity contribution in [3.05, 3.63) is 68.5 Å². The molecular formula is C20H19BrN2O2S. The van der Waals surface area contributed by atoms with Gasteiger partial charge in [-0.1, -0.05) is 30.3 Å². The molecule has 4 nitrogen and oxygen atoms in total. The normalized spacial score (nSPS) is 15.8. The summed E-state index contributed by atoms with van der Waals surface area (Å²) in [6.07, 6.45) is 1.77. The van der Waals surface area contributed by atoms with Gasteiger partial charge >= 0.3 is 0 Å². The van der Waals surface area contributed by atoms with Crippen LogP contribution >= 0.6 is 27.7 Å². The van der Waals surface area contributed by atoms with Gasteiger partial charge in [0.15, 0.2) is 0 Å². The van der Waals surface area contributed by atoms with E-state index < -0.39 is 0 Å². The Hall–Kier alpha value is -2.05. The molecule has 0 radical (unpaired) electrons. The van der Waals surface area contributed by atoms with Gasteiger partial charge in [0, 0.05) is 18.6 Å². The minimum absolute atomic E-state index is 0.228. The second-order valence-corrected chi connectivity index (χ2v) is 8.15. The monoisotopic (exact) mass is 430 g/mol. The predicted molar refractivity (Wildman–Crippen MR) is 111 cm³/mol. The third-order valence-corrected chi connectivity index (χ3v) is 5.76. The van der Waals surface area contributed by atoms with Crippen LogP contribution in [-0.4, -0.2) is 30.1 Å². The van der Waals surface area contributed by atoms with E-state index in [9.17, 15) is 9.59 Å². The molecular weight excluding hydrogens is 412 g/mol. The van der Waals surface area contributed by atoms with E-state index in [2.05, 4.69) is 15.9 Å². The van der Waals surface area contributed by atoms with Gasteiger partial charge in [-0.15, -0.1) is 0 Å². The highest BCUT2D eigenvalue weighted by atomic mass is 79.9. The van der Waals surface area contributed by atoms with Crippen molar-refractivity contribution in [2.75, 3.05) is 19.0 Å². The van der Waals surface area contributed by atoms with Gasteiger partial charge in [0.25, 0.3) is 11.1 Å². The zero-order chi connectivity index (χ0) is 18.8. The number of thioether (sulfide) groups is 1. The number of imide groups is 1. The summed E-state index contributed by atoms with van der Waals surface area (Å²) in [5, 5.41) is -0.228. The zero-order valence-corrected chi connectivity index (χ0v) is 17.2. The standard InChI is InChI=1S/C20H19BrN2O2S/c1-13-6-4-5-7-15(13)12-23-19(24)18(26-20(23)25)11-14-8-9-17(22(2)3)16(21)10-14/h4-11H,12H2,1-3H3/b18-11-. The minimum Gasteiger partial charge on any atom is -0.377 e. The smallest absolute Gasteiger partial charge is 0.293 e. The number of benzene rings is 2. The number of nitrogens with zero attached hydrogens (tertiary/aromatic N) is 2. The van der Waals surface area contributed by atoms with Gasteiger partial charge in [-0.3, -0.25) is 14.5 Å². The van der Waals surface area contributed by atoms with E-state index in [1.807, 2.05) is 68.4 Å². The van der Waals surface area contributed by atoms with Crippen LogP contribution in [0.2, 0.25) is 0 Å². The van der Waals surface area contributed by atoms with Crippen LogP contribution in [0.4, 0.5) is 10.5 Å². The van der Waals surface area contributed by atoms with Crippen molar-refractivity contribution in [2.24, 2.45) is 0 Å². The lowest BCUT2D eigenvalue weighted by atomic mass is 10.1. The second-order valence-electron chi connectivity index (χ2n) is 6.30. The van der Waals surface area contributed by atoms with Gasteiger partial charge in [-0.05, 0) is 69.5 Å². The van der Waals surface area contributed by atoms with Crippen LogP contribution in [0.25, 0.3) is 6.08 Å². The van der Waals surface area contributed by atoms with Crippen molar-refractivity contribution in [3.63, 3.8) is 0 Å². The fraction of sp³-hybridized carbons (Fsp3) is 0.200. The summed E-state index contributed by atoms with van der Waals surface area (Å²) in [4.78, 5) is 28.8. The average molecular weight is 431 g/mol. The molecule has 26 heavy (non-hydrogen) atoms. The first-order valence-corrected chi connectivity index (χ1v) is 9.74. The van der Waals surface area contributed by atoms with E-state index in [1.54, 1.807) is 6.08 Å². The molecule has 134 valence electrons. The van der Waals surface area contributed by atoms with Crippen molar-refractivity contribution in [2.45, 2.75) is 13.5 Å². The molecule has 0 N–H and O–H groups in total. The Balaban J connectivity index is 1.83. The van der Waals surface area contributed by atoms with E-state index in [0.29, 0.717) is 11.4 Å². The van der Waals surface area contributed by atoms with Crippen LogP contribution in [-0.2, 0) is 11.3 Å². The summed E-state index contributed by atoms with van der Waals surface area (Å²) in [7, 11) is 3.94. The Kier molecular flexibility index (Phi) is 5.53. The highest BCUT2D eigenvalue weighted by molar-refractivity contribution is 9.10. The van der Waals surface area contributed by atoms with Gasteiger partial charge in [-0.25, -0.2) is 0 Å². The molecule has 1 heterocycles. The molecule has 0 spiro atoms. The molecule has 1 saturated heterocycles. The molecule has 2 aromatic carbocycles. The fourth-order valence-corrected chi connectivity index (χ4v) is 4.31. The summed E-state index contributed by atoms with van der Waals surface area (Å²) < 4.78 is 0.940. The maximum atomic E-state index is 12.7. The number of carbonyl (C=O) groups excluding carboxylic acids is 2. The number of anilines is 1. The molecule has 3 rings (SSSR count). The summed E-state index contributed by atoms with van der Waals surface area (Å²) in [6.45, 7) is 2.28. The van der Waals surface area contributed by atoms with Gasteiger partial charge in [0.1, 0.15) is 0 Å². The quantitative estimate of drug-likeness (QED) is 0.635. The fourth-order valence-electron chi connectivity index (χ4n) is 2.72. The molecule has 1 fully saturated rings. The van der Waals surface area contributed by atoms with Crippen LogP contribution < -0.4 is 4.90 Å². The number of hydrogen-bond acceptors (Lipinski definition) is 4. The second kappa shape index (κ2) is 7.68. The van der Waals surface area contributed by atoms with Gasteiger partial charge in [0.05, 0.1) is 17.1 Å². The summed E-state index contributed by atoms with van der Waals surface area (Å²) >= 11 is 4.54.